The predicted molar refractivity (Wildman–Crippen MR) is 141 cm³/mol. The molecule has 9 heteroatoms. The summed E-state index contributed by atoms with van der Waals surface area (Å²) in [5.74, 6) is -0.390. The van der Waals surface area contributed by atoms with Gasteiger partial charge in [0.15, 0.2) is 17.3 Å². The molecule has 4 rings (SSSR count). The Morgan fingerprint density at radius 2 is 1.84 bits per heavy atom. The zero-order valence-corrected chi connectivity index (χ0v) is 22.2. The van der Waals surface area contributed by atoms with Crippen molar-refractivity contribution in [2.75, 3.05) is 14.2 Å². The van der Waals surface area contributed by atoms with Crippen molar-refractivity contribution in [3.8, 4) is 11.5 Å². The minimum absolute atomic E-state index is 0.109. The van der Waals surface area contributed by atoms with E-state index in [1.807, 2.05) is 25.1 Å². The topological polar surface area (TPSA) is 117 Å². The van der Waals surface area contributed by atoms with Crippen molar-refractivity contribution in [2.24, 2.45) is 0 Å². The molecule has 1 aliphatic heterocycles. The molecule has 0 aromatic heterocycles. The number of nitrogens with one attached hydrogen (secondary N) is 1. The number of esters is 1. The number of carbonyl (C=O) groups excluding carboxylic acids is 2. The molecule has 38 heavy (non-hydrogen) atoms. The Morgan fingerprint density at radius 3 is 2.50 bits per heavy atom. The molecule has 0 radical (unpaired) electrons. The number of nitro groups is 1. The zero-order chi connectivity index (χ0) is 27.6. The number of ether oxygens (including phenoxy) is 3. The molecule has 1 N–H and O–H groups in total. The first-order valence-electron chi connectivity index (χ1n) is 12.6. The lowest BCUT2D eigenvalue weighted by atomic mass is 9.71. The molecule has 0 amide bonds. The molecule has 9 nitrogen and oxygen atoms in total. The number of dihydropyridines is 1. The van der Waals surface area contributed by atoms with Gasteiger partial charge >= 0.3 is 5.97 Å². The van der Waals surface area contributed by atoms with Crippen molar-refractivity contribution in [1.82, 2.24) is 5.32 Å². The van der Waals surface area contributed by atoms with E-state index < -0.39 is 16.8 Å². The highest BCUT2D eigenvalue weighted by Gasteiger charge is 2.42. The number of nitrogens with zero attached hydrogens (tertiary/aromatic N) is 1. The van der Waals surface area contributed by atoms with Crippen molar-refractivity contribution in [3.63, 3.8) is 0 Å². The summed E-state index contributed by atoms with van der Waals surface area (Å²) in [6.45, 7) is 5.48. The number of rotatable bonds is 8. The summed E-state index contributed by atoms with van der Waals surface area (Å²) in [5, 5.41) is 14.8. The highest BCUT2D eigenvalue weighted by atomic mass is 16.6. The van der Waals surface area contributed by atoms with Gasteiger partial charge < -0.3 is 19.5 Å². The maximum atomic E-state index is 13.8. The third kappa shape index (κ3) is 5.14. The van der Waals surface area contributed by atoms with Gasteiger partial charge in [-0.15, -0.1) is 0 Å². The minimum Gasteiger partial charge on any atom is -0.493 e. The van der Waals surface area contributed by atoms with Gasteiger partial charge in [-0.2, -0.15) is 0 Å². The number of benzene rings is 2. The fourth-order valence-corrected chi connectivity index (χ4v) is 5.13. The first-order valence-corrected chi connectivity index (χ1v) is 12.6. The molecule has 2 aliphatic rings. The first-order chi connectivity index (χ1) is 18.2. The number of nitro benzene ring substituents is 1. The summed E-state index contributed by atoms with van der Waals surface area (Å²) in [6.07, 6.45) is 1.05. The van der Waals surface area contributed by atoms with E-state index >= 15 is 0 Å². The van der Waals surface area contributed by atoms with E-state index in [1.54, 1.807) is 40.2 Å². The van der Waals surface area contributed by atoms with Gasteiger partial charge in [0.25, 0.3) is 5.69 Å². The van der Waals surface area contributed by atoms with Gasteiger partial charge in [-0.1, -0.05) is 25.1 Å². The minimum atomic E-state index is -0.776. The van der Waals surface area contributed by atoms with E-state index in [9.17, 15) is 19.7 Å². The molecule has 0 spiro atoms. The fraction of sp³-hybridized carbons (Fsp3) is 0.379. The summed E-state index contributed by atoms with van der Waals surface area (Å²) in [5.41, 5.74) is 3.33. The molecular weight excluding hydrogens is 488 g/mol. The number of Topliss-reactive ketones (excluding diaryl/α,β-unsaturated/α-hetero) is 1. The van der Waals surface area contributed by atoms with Crippen LogP contribution < -0.4 is 14.8 Å². The second-order valence-electron chi connectivity index (χ2n) is 9.61. The molecule has 2 aromatic carbocycles. The number of hydrogen-bond donors (Lipinski definition) is 1. The van der Waals surface area contributed by atoms with Crippen molar-refractivity contribution in [1.29, 1.82) is 0 Å². The SMILES string of the molecule is CC[C@H](C)OC(=O)C1=C(C)NC2=C(C(=O)C[C@@H](c3ccc(OC)c(OC)c3)C2)[C@H]1c1cccc([N+](=O)[O-])c1. The fourth-order valence-electron chi connectivity index (χ4n) is 5.13. The largest absolute Gasteiger partial charge is 0.493 e. The van der Waals surface area contributed by atoms with Crippen LogP contribution in [0.4, 0.5) is 5.69 Å². The number of methoxy groups -OCH3 is 2. The molecule has 0 unspecified atom stereocenters. The summed E-state index contributed by atoms with van der Waals surface area (Å²) in [6, 6.07) is 11.7. The lowest BCUT2D eigenvalue weighted by molar-refractivity contribution is -0.384. The Morgan fingerprint density at radius 1 is 1.11 bits per heavy atom. The molecule has 1 aliphatic carbocycles. The van der Waals surface area contributed by atoms with Gasteiger partial charge in [-0.05, 0) is 55.9 Å². The number of ketones is 1. The zero-order valence-electron chi connectivity index (χ0n) is 22.2. The van der Waals surface area contributed by atoms with E-state index in [0.717, 1.165) is 5.56 Å². The first kappa shape index (κ1) is 26.9. The summed E-state index contributed by atoms with van der Waals surface area (Å²) in [4.78, 5) is 38.2. The molecule has 0 fully saturated rings. The average molecular weight is 521 g/mol. The van der Waals surface area contributed by atoms with Crippen LogP contribution in [0.5, 0.6) is 11.5 Å². The number of hydrogen-bond acceptors (Lipinski definition) is 8. The second-order valence-corrected chi connectivity index (χ2v) is 9.61. The van der Waals surface area contributed by atoms with E-state index in [-0.39, 0.29) is 29.9 Å². The van der Waals surface area contributed by atoms with Crippen LogP contribution in [0.1, 0.15) is 63.0 Å². The molecule has 2 aromatic rings. The average Bonchev–Trinajstić information content (AvgIpc) is 2.91. The number of non-ortho nitro benzene ring substituents is 1. The van der Waals surface area contributed by atoms with Crippen molar-refractivity contribution >= 4 is 17.4 Å². The van der Waals surface area contributed by atoms with Crippen molar-refractivity contribution in [2.45, 2.75) is 58.0 Å². The molecule has 1 heterocycles. The van der Waals surface area contributed by atoms with Crippen molar-refractivity contribution < 1.29 is 28.7 Å². The van der Waals surface area contributed by atoms with Crippen LogP contribution in [0, 0.1) is 10.1 Å². The van der Waals surface area contributed by atoms with Gasteiger partial charge in [0.05, 0.1) is 30.8 Å². The monoisotopic (exact) mass is 520 g/mol. The summed E-state index contributed by atoms with van der Waals surface area (Å²) in [7, 11) is 3.13. The molecule has 3 atom stereocenters. The summed E-state index contributed by atoms with van der Waals surface area (Å²) >= 11 is 0. The quantitative estimate of drug-likeness (QED) is 0.283. The molecule has 200 valence electrons. The Labute approximate surface area is 221 Å². The Bertz CT molecular complexity index is 1340. The van der Waals surface area contributed by atoms with Gasteiger partial charge in [0.2, 0.25) is 0 Å². The van der Waals surface area contributed by atoms with Crippen LogP contribution in [0.3, 0.4) is 0 Å². The maximum Gasteiger partial charge on any atom is 0.337 e. The van der Waals surface area contributed by atoms with Crippen LogP contribution in [0.2, 0.25) is 0 Å². The Balaban J connectivity index is 1.80. The highest BCUT2D eigenvalue weighted by molar-refractivity contribution is 6.04. The molecule has 0 saturated heterocycles. The second kappa shape index (κ2) is 11.1. The number of allylic oxidation sites excluding steroid dienone is 3. The van der Waals surface area contributed by atoms with Gasteiger partial charge in [0.1, 0.15) is 0 Å². The third-order valence-corrected chi connectivity index (χ3v) is 7.22. The smallest absolute Gasteiger partial charge is 0.337 e. The van der Waals surface area contributed by atoms with Crippen LogP contribution in [0.15, 0.2) is 65.0 Å². The van der Waals surface area contributed by atoms with Gasteiger partial charge in [-0.3, -0.25) is 14.9 Å². The van der Waals surface area contributed by atoms with E-state index in [1.165, 1.54) is 12.1 Å². The predicted octanol–water partition coefficient (Wildman–Crippen LogP) is 5.32. The van der Waals surface area contributed by atoms with E-state index in [0.29, 0.717) is 52.4 Å². The van der Waals surface area contributed by atoms with E-state index in [4.69, 9.17) is 14.2 Å². The third-order valence-electron chi connectivity index (χ3n) is 7.22. The lowest BCUT2D eigenvalue weighted by Gasteiger charge is -2.37. The van der Waals surface area contributed by atoms with E-state index in [2.05, 4.69) is 5.32 Å². The van der Waals surface area contributed by atoms with Crippen LogP contribution >= 0.6 is 0 Å². The molecular formula is C29H32N2O7. The van der Waals surface area contributed by atoms with Crippen LogP contribution in [-0.2, 0) is 14.3 Å². The van der Waals surface area contributed by atoms with Crippen LogP contribution in [0.25, 0.3) is 0 Å². The Hall–Kier alpha value is -4.14. The van der Waals surface area contributed by atoms with Gasteiger partial charge in [0, 0.05) is 41.4 Å². The molecule has 0 saturated carbocycles. The Kier molecular flexibility index (Phi) is 7.85. The maximum absolute atomic E-state index is 13.8. The number of carbonyl (C=O) groups is 2. The van der Waals surface area contributed by atoms with Crippen LogP contribution in [-0.4, -0.2) is 37.0 Å². The normalized spacial score (nSPS) is 19.9. The summed E-state index contributed by atoms with van der Waals surface area (Å²) < 4.78 is 16.5. The highest BCUT2D eigenvalue weighted by Crippen LogP contribution is 2.47. The molecule has 0 bridgehead atoms. The van der Waals surface area contributed by atoms with Crippen molar-refractivity contribution in [3.05, 3.63) is 86.2 Å². The lowest BCUT2D eigenvalue weighted by Crippen LogP contribution is -2.36. The standard InChI is InChI=1S/C29H32N2O7/c1-6-16(2)38-29(33)26-17(3)30-22-13-20(18-10-11-24(36-4)25(15-18)37-5)14-23(32)28(22)27(26)19-8-7-9-21(12-19)31(34)35/h7-12,15-16,20,27,30H,6,13-14H2,1-5H3/t16-,20-,27-/m0/s1. The van der Waals surface area contributed by atoms with Gasteiger partial charge in [-0.25, -0.2) is 4.79 Å².